The summed E-state index contributed by atoms with van der Waals surface area (Å²) < 4.78 is 1.01. The SMILES string of the molecule is CCC(CC)(CN)NC(=O)c1ccc(Br)c(C)c1.Cl. The van der Waals surface area contributed by atoms with Crippen molar-refractivity contribution in [3.05, 3.63) is 33.8 Å². The molecule has 0 atom stereocenters. The number of amides is 1. The lowest BCUT2D eigenvalue weighted by Crippen LogP contribution is -2.52. The lowest BCUT2D eigenvalue weighted by atomic mass is 9.92. The molecule has 1 aromatic rings. The van der Waals surface area contributed by atoms with Crippen LogP contribution in [0.5, 0.6) is 0 Å². The van der Waals surface area contributed by atoms with E-state index in [1.807, 2.05) is 39.0 Å². The van der Waals surface area contributed by atoms with E-state index in [-0.39, 0.29) is 23.9 Å². The Kier molecular flexibility index (Phi) is 7.64. The van der Waals surface area contributed by atoms with Crippen molar-refractivity contribution in [2.24, 2.45) is 5.73 Å². The number of carbonyl (C=O) groups is 1. The van der Waals surface area contributed by atoms with Crippen LogP contribution in [-0.2, 0) is 0 Å². The van der Waals surface area contributed by atoms with Crippen LogP contribution in [0.2, 0.25) is 0 Å². The summed E-state index contributed by atoms with van der Waals surface area (Å²) in [6, 6.07) is 5.59. The minimum atomic E-state index is -0.294. The van der Waals surface area contributed by atoms with E-state index in [9.17, 15) is 4.79 Å². The van der Waals surface area contributed by atoms with E-state index in [1.165, 1.54) is 0 Å². The van der Waals surface area contributed by atoms with Gasteiger partial charge in [0.1, 0.15) is 0 Å². The molecule has 3 N–H and O–H groups in total. The van der Waals surface area contributed by atoms with Crippen LogP contribution in [0.3, 0.4) is 0 Å². The summed E-state index contributed by atoms with van der Waals surface area (Å²) in [5, 5.41) is 3.06. The summed E-state index contributed by atoms with van der Waals surface area (Å²) in [6.45, 7) is 6.52. The van der Waals surface area contributed by atoms with Gasteiger partial charge in [-0.25, -0.2) is 0 Å². The van der Waals surface area contributed by atoms with E-state index in [0.717, 1.165) is 22.9 Å². The minimum absolute atomic E-state index is 0. The molecule has 0 fully saturated rings. The lowest BCUT2D eigenvalue weighted by Gasteiger charge is -2.31. The molecule has 1 rings (SSSR count). The van der Waals surface area contributed by atoms with Gasteiger partial charge in [0.15, 0.2) is 0 Å². The monoisotopic (exact) mass is 348 g/mol. The quantitative estimate of drug-likeness (QED) is 0.855. The molecule has 19 heavy (non-hydrogen) atoms. The van der Waals surface area contributed by atoms with E-state index < -0.39 is 0 Å². The van der Waals surface area contributed by atoms with Crippen molar-refractivity contribution < 1.29 is 4.79 Å². The largest absolute Gasteiger partial charge is 0.345 e. The first-order valence-corrected chi connectivity index (χ1v) is 7.06. The summed E-state index contributed by atoms with van der Waals surface area (Å²) in [7, 11) is 0. The maximum absolute atomic E-state index is 12.2. The van der Waals surface area contributed by atoms with Crippen LogP contribution in [0.15, 0.2) is 22.7 Å². The predicted octanol–water partition coefficient (Wildman–Crippen LogP) is 3.43. The van der Waals surface area contributed by atoms with Gasteiger partial charge in [0.2, 0.25) is 0 Å². The van der Waals surface area contributed by atoms with Gasteiger partial charge >= 0.3 is 0 Å². The molecular weight excluding hydrogens is 328 g/mol. The van der Waals surface area contributed by atoms with E-state index in [2.05, 4.69) is 21.2 Å². The molecule has 0 saturated heterocycles. The highest BCUT2D eigenvalue weighted by Crippen LogP contribution is 2.19. The first-order valence-electron chi connectivity index (χ1n) is 6.26. The van der Waals surface area contributed by atoms with E-state index in [1.54, 1.807) is 0 Å². The molecule has 0 radical (unpaired) electrons. The van der Waals surface area contributed by atoms with Crippen LogP contribution in [0, 0.1) is 6.92 Å². The van der Waals surface area contributed by atoms with Crippen molar-refractivity contribution in [3.63, 3.8) is 0 Å². The maximum atomic E-state index is 12.2. The Morgan fingerprint density at radius 1 is 1.37 bits per heavy atom. The van der Waals surface area contributed by atoms with Gasteiger partial charge in [-0.15, -0.1) is 12.4 Å². The zero-order valence-electron chi connectivity index (χ0n) is 11.6. The Morgan fingerprint density at radius 2 is 1.95 bits per heavy atom. The lowest BCUT2D eigenvalue weighted by molar-refractivity contribution is 0.0895. The highest BCUT2D eigenvalue weighted by atomic mass is 79.9. The first kappa shape index (κ1) is 18.4. The molecule has 0 bridgehead atoms. The molecule has 5 heteroatoms. The number of hydrogen-bond acceptors (Lipinski definition) is 2. The fraction of sp³-hybridized carbons (Fsp3) is 0.500. The number of rotatable bonds is 5. The zero-order chi connectivity index (χ0) is 13.8. The summed E-state index contributed by atoms with van der Waals surface area (Å²) in [5.41, 5.74) is 7.22. The zero-order valence-corrected chi connectivity index (χ0v) is 14.0. The van der Waals surface area contributed by atoms with Gasteiger partial charge in [0.05, 0.1) is 5.54 Å². The average molecular weight is 350 g/mol. The van der Waals surface area contributed by atoms with E-state index in [4.69, 9.17) is 5.73 Å². The van der Waals surface area contributed by atoms with Gasteiger partial charge in [-0.3, -0.25) is 4.79 Å². The highest BCUT2D eigenvalue weighted by molar-refractivity contribution is 9.10. The molecule has 0 aliphatic carbocycles. The summed E-state index contributed by atoms with van der Waals surface area (Å²) in [6.07, 6.45) is 1.67. The Hall–Kier alpha value is -0.580. The molecule has 0 saturated carbocycles. The van der Waals surface area contributed by atoms with Crippen molar-refractivity contribution in [3.8, 4) is 0 Å². The fourth-order valence-corrected chi connectivity index (χ4v) is 2.11. The van der Waals surface area contributed by atoms with Crippen LogP contribution in [0.4, 0.5) is 0 Å². The molecule has 0 heterocycles. The topological polar surface area (TPSA) is 55.1 Å². The van der Waals surface area contributed by atoms with Gasteiger partial charge in [0.25, 0.3) is 5.91 Å². The van der Waals surface area contributed by atoms with Crippen molar-refractivity contribution in [1.82, 2.24) is 5.32 Å². The van der Waals surface area contributed by atoms with Gasteiger partial charge in [-0.05, 0) is 43.5 Å². The number of carbonyl (C=O) groups excluding carboxylic acids is 1. The minimum Gasteiger partial charge on any atom is -0.345 e. The molecule has 1 amide bonds. The molecule has 0 unspecified atom stereocenters. The number of aryl methyl sites for hydroxylation is 1. The van der Waals surface area contributed by atoms with E-state index in [0.29, 0.717) is 12.1 Å². The van der Waals surface area contributed by atoms with Crippen LogP contribution >= 0.6 is 28.3 Å². The van der Waals surface area contributed by atoms with Gasteiger partial charge in [0, 0.05) is 16.6 Å². The van der Waals surface area contributed by atoms with Crippen molar-refractivity contribution in [1.29, 1.82) is 0 Å². The molecular formula is C14H22BrClN2O. The molecule has 1 aromatic carbocycles. The number of hydrogen-bond donors (Lipinski definition) is 2. The smallest absolute Gasteiger partial charge is 0.251 e. The van der Waals surface area contributed by atoms with Crippen LogP contribution in [0.25, 0.3) is 0 Å². The highest BCUT2D eigenvalue weighted by Gasteiger charge is 2.26. The Bertz CT molecular complexity index is 425. The summed E-state index contributed by atoms with van der Waals surface area (Å²) >= 11 is 3.43. The fourth-order valence-electron chi connectivity index (χ4n) is 1.87. The molecule has 108 valence electrons. The van der Waals surface area contributed by atoms with Gasteiger partial charge in [-0.1, -0.05) is 29.8 Å². The predicted molar refractivity (Wildman–Crippen MR) is 86.0 cm³/mol. The molecule has 0 aliphatic rings. The Morgan fingerprint density at radius 3 is 2.37 bits per heavy atom. The van der Waals surface area contributed by atoms with Crippen molar-refractivity contribution in [2.75, 3.05) is 6.54 Å². The second kappa shape index (κ2) is 7.88. The van der Waals surface area contributed by atoms with Gasteiger partial charge in [-0.2, -0.15) is 0 Å². The third-order valence-corrected chi connectivity index (χ3v) is 4.43. The Balaban J connectivity index is 0.00000324. The maximum Gasteiger partial charge on any atom is 0.251 e. The van der Waals surface area contributed by atoms with Crippen LogP contribution in [0.1, 0.15) is 42.6 Å². The van der Waals surface area contributed by atoms with Crippen molar-refractivity contribution in [2.45, 2.75) is 39.2 Å². The molecule has 0 spiro atoms. The molecule has 0 aromatic heterocycles. The second-order valence-corrected chi connectivity index (χ2v) is 5.46. The summed E-state index contributed by atoms with van der Waals surface area (Å²) in [5.74, 6) is -0.0558. The van der Waals surface area contributed by atoms with Crippen molar-refractivity contribution >= 4 is 34.2 Å². The summed E-state index contributed by atoms with van der Waals surface area (Å²) in [4.78, 5) is 12.2. The third-order valence-electron chi connectivity index (χ3n) is 3.54. The van der Waals surface area contributed by atoms with Gasteiger partial charge < -0.3 is 11.1 Å². The number of halogens is 2. The molecule has 0 aliphatic heterocycles. The second-order valence-electron chi connectivity index (χ2n) is 4.61. The molecule has 3 nitrogen and oxygen atoms in total. The van der Waals surface area contributed by atoms with Crippen LogP contribution < -0.4 is 11.1 Å². The van der Waals surface area contributed by atoms with Crippen LogP contribution in [-0.4, -0.2) is 18.0 Å². The van der Waals surface area contributed by atoms with E-state index >= 15 is 0 Å². The number of benzene rings is 1. The number of nitrogens with two attached hydrogens (primary N) is 1. The first-order chi connectivity index (χ1) is 8.48. The Labute approximate surface area is 129 Å². The third kappa shape index (κ3) is 4.48. The number of nitrogens with one attached hydrogen (secondary N) is 1. The standard InChI is InChI=1S/C14H21BrN2O.ClH/c1-4-14(5-2,9-16)17-13(18)11-6-7-12(15)10(3)8-11;/h6-8H,4-5,9,16H2,1-3H3,(H,17,18);1H. The normalized spacial score (nSPS) is 10.8. The average Bonchev–Trinajstić information content (AvgIpc) is 2.39.